The van der Waals surface area contributed by atoms with E-state index in [1.165, 1.54) is 0 Å². The monoisotopic (exact) mass is 305 g/mol. The first-order chi connectivity index (χ1) is 9.72. The molecule has 1 aromatic carbocycles. The van der Waals surface area contributed by atoms with E-state index in [0.717, 1.165) is 25.0 Å². The zero-order chi connectivity index (χ0) is 16.2. The van der Waals surface area contributed by atoms with E-state index in [0.29, 0.717) is 6.07 Å². The van der Waals surface area contributed by atoms with Crippen molar-refractivity contribution in [3.8, 4) is 0 Å². The Kier molecular flexibility index (Phi) is 5.75. The minimum atomic E-state index is -4.82. The normalized spacial score (nSPS) is 13.3. The number of halogens is 4. The summed E-state index contributed by atoms with van der Waals surface area (Å²) in [5, 5.41) is 2.57. The summed E-state index contributed by atoms with van der Waals surface area (Å²) >= 11 is 0. The van der Waals surface area contributed by atoms with E-state index in [1.54, 1.807) is 6.92 Å². The molecule has 6 heteroatoms. The summed E-state index contributed by atoms with van der Waals surface area (Å²) in [6.07, 6.45) is -3.17. The quantitative estimate of drug-likeness (QED) is 0.803. The molecule has 0 aliphatic carbocycles. The molecule has 1 N–H and O–H groups in total. The lowest BCUT2D eigenvalue weighted by molar-refractivity contribution is -0.140. The number of rotatable bonds is 5. The molecule has 0 radical (unpaired) electrons. The van der Waals surface area contributed by atoms with E-state index >= 15 is 0 Å². The van der Waals surface area contributed by atoms with Crippen LogP contribution in [0.25, 0.3) is 0 Å². The Balaban J connectivity index is 2.99. The van der Waals surface area contributed by atoms with Crippen LogP contribution in [0, 0.1) is 11.7 Å². The van der Waals surface area contributed by atoms with Gasteiger partial charge in [0.1, 0.15) is 5.82 Å². The first-order valence-corrected chi connectivity index (χ1v) is 6.88. The van der Waals surface area contributed by atoms with Crippen molar-refractivity contribution in [2.24, 2.45) is 5.92 Å². The molecule has 1 atom stereocenters. The first-order valence-electron chi connectivity index (χ1n) is 6.88. The predicted molar refractivity (Wildman–Crippen MR) is 72.4 cm³/mol. The van der Waals surface area contributed by atoms with Crippen LogP contribution < -0.4 is 5.32 Å². The molecule has 21 heavy (non-hydrogen) atoms. The topological polar surface area (TPSA) is 29.1 Å². The van der Waals surface area contributed by atoms with Crippen molar-refractivity contribution >= 4 is 5.91 Å². The predicted octanol–water partition coefficient (Wildman–Crippen LogP) is 4.40. The molecular weight excluding hydrogens is 286 g/mol. The number of hydrogen-bond acceptors (Lipinski definition) is 1. The number of nitrogens with one attached hydrogen (secondary N) is 1. The van der Waals surface area contributed by atoms with Crippen LogP contribution >= 0.6 is 0 Å². The van der Waals surface area contributed by atoms with Crippen LogP contribution in [0.2, 0.25) is 0 Å². The van der Waals surface area contributed by atoms with Gasteiger partial charge in [-0.1, -0.05) is 32.8 Å². The number of hydrogen-bond donors (Lipinski definition) is 1. The van der Waals surface area contributed by atoms with Gasteiger partial charge in [0.05, 0.1) is 11.1 Å². The van der Waals surface area contributed by atoms with Crippen molar-refractivity contribution in [2.45, 2.75) is 45.8 Å². The van der Waals surface area contributed by atoms with E-state index in [2.05, 4.69) is 5.32 Å². The SMILES string of the molecule is CCC(CC)C(C)NC(=O)c1cccc(C(F)(F)F)c1F. The summed E-state index contributed by atoms with van der Waals surface area (Å²) in [6.45, 7) is 5.68. The molecule has 1 amide bonds. The highest BCUT2D eigenvalue weighted by Crippen LogP contribution is 2.32. The third-order valence-corrected chi connectivity index (χ3v) is 3.66. The number of carbonyl (C=O) groups is 1. The minimum absolute atomic E-state index is 0.197. The average molecular weight is 305 g/mol. The van der Waals surface area contributed by atoms with Crippen LogP contribution in [0.1, 0.15) is 49.5 Å². The fourth-order valence-corrected chi connectivity index (χ4v) is 2.32. The maximum Gasteiger partial charge on any atom is 0.419 e. The Morgan fingerprint density at radius 2 is 1.81 bits per heavy atom. The lowest BCUT2D eigenvalue weighted by Gasteiger charge is -2.22. The summed E-state index contributed by atoms with van der Waals surface area (Å²) in [4.78, 5) is 12.0. The van der Waals surface area contributed by atoms with E-state index < -0.39 is 29.0 Å². The Labute approximate surface area is 121 Å². The Morgan fingerprint density at radius 3 is 2.29 bits per heavy atom. The number of amides is 1. The molecule has 0 bridgehead atoms. The fraction of sp³-hybridized carbons (Fsp3) is 0.533. The number of carbonyl (C=O) groups excluding carboxylic acids is 1. The standard InChI is InChI=1S/C15H19F4NO/c1-4-10(5-2)9(3)20-14(21)11-7-6-8-12(13(11)16)15(17,18)19/h6-10H,4-5H2,1-3H3,(H,20,21). The van der Waals surface area contributed by atoms with E-state index in [-0.39, 0.29) is 12.0 Å². The van der Waals surface area contributed by atoms with Crippen LogP contribution in [0.15, 0.2) is 18.2 Å². The average Bonchev–Trinajstić information content (AvgIpc) is 2.38. The molecule has 0 saturated carbocycles. The number of benzene rings is 1. The third kappa shape index (κ3) is 4.19. The maximum atomic E-state index is 13.9. The van der Waals surface area contributed by atoms with Crippen molar-refractivity contribution in [2.75, 3.05) is 0 Å². The molecule has 0 saturated heterocycles. The van der Waals surface area contributed by atoms with Gasteiger partial charge in [-0.3, -0.25) is 4.79 Å². The molecular formula is C15H19F4NO. The fourth-order valence-electron chi connectivity index (χ4n) is 2.32. The zero-order valence-electron chi connectivity index (χ0n) is 12.2. The van der Waals surface area contributed by atoms with Gasteiger partial charge < -0.3 is 5.32 Å². The first kappa shape index (κ1) is 17.5. The summed E-state index contributed by atoms with van der Waals surface area (Å²) in [5.41, 5.74) is -2.01. The van der Waals surface area contributed by atoms with Gasteiger partial charge in [-0.15, -0.1) is 0 Å². The summed E-state index contributed by atoms with van der Waals surface area (Å²) in [6, 6.07) is 2.47. The van der Waals surface area contributed by atoms with Crippen LogP contribution in [-0.4, -0.2) is 11.9 Å². The Hall–Kier alpha value is -1.59. The summed E-state index contributed by atoms with van der Waals surface area (Å²) in [7, 11) is 0. The smallest absolute Gasteiger partial charge is 0.349 e. The lowest BCUT2D eigenvalue weighted by atomic mass is 9.95. The second-order valence-corrected chi connectivity index (χ2v) is 5.00. The van der Waals surface area contributed by atoms with Crippen molar-refractivity contribution in [1.29, 1.82) is 0 Å². The second kappa shape index (κ2) is 6.91. The molecule has 1 aromatic rings. The molecule has 2 nitrogen and oxygen atoms in total. The van der Waals surface area contributed by atoms with Crippen LogP contribution in [0.3, 0.4) is 0 Å². The third-order valence-electron chi connectivity index (χ3n) is 3.66. The van der Waals surface area contributed by atoms with Crippen LogP contribution in [0.5, 0.6) is 0 Å². The van der Waals surface area contributed by atoms with Gasteiger partial charge in [0.15, 0.2) is 0 Å². The van der Waals surface area contributed by atoms with Crippen LogP contribution in [0.4, 0.5) is 17.6 Å². The van der Waals surface area contributed by atoms with Gasteiger partial charge >= 0.3 is 6.18 Å². The van der Waals surface area contributed by atoms with Crippen molar-refractivity contribution in [1.82, 2.24) is 5.32 Å². The Morgan fingerprint density at radius 1 is 1.24 bits per heavy atom. The van der Waals surface area contributed by atoms with Gasteiger partial charge in [0, 0.05) is 6.04 Å². The molecule has 0 heterocycles. The van der Waals surface area contributed by atoms with Crippen molar-refractivity contribution < 1.29 is 22.4 Å². The minimum Gasteiger partial charge on any atom is -0.349 e. The summed E-state index contributed by atoms with van der Waals surface area (Å²) < 4.78 is 51.7. The second-order valence-electron chi connectivity index (χ2n) is 5.00. The van der Waals surface area contributed by atoms with E-state index in [1.807, 2.05) is 13.8 Å². The summed E-state index contributed by atoms with van der Waals surface area (Å²) in [5.74, 6) is -2.15. The van der Waals surface area contributed by atoms with Gasteiger partial charge in [0.25, 0.3) is 5.91 Å². The van der Waals surface area contributed by atoms with Gasteiger partial charge in [-0.05, 0) is 25.0 Å². The van der Waals surface area contributed by atoms with E-state index in [4.69, 9.17) is 0 Å². The molecule has 118 valence electrons. The number of alkyl halides is 3. The van der Waals surface area contributed by atoms with Gasteiger partial charge in [0.2, 0.25) is 0 Å². The highest BCUT2D eigenvalue weighted by molar-refractivity contribution is 5.94. The lowest BCUT2D eigenvalue weighted by Crippen LogP contribution is -2.38. The highest BCUT2D eigenvalue weighted by Gasteiger charge is 2.35. The van der Waals surface area contributed by atoms with Crippen molar-refractivity contribution in [3.63, 3.8) is 0 Å². The van der Waals surface area contributed by atoms with E-state index in [9.17, 15) is 22.4 Å². The molecule has 1 unspecified atom stereocenters. The molecule has 0 aliphatic rings. The van der Waals surface area contributed by atoms with Gasteiger partial charge in [-0.25, -0.2) is 4.39 Å². The van der Waals surface area contributed by atoms with Gasteiger partial charge in [-0.2, -0.15) is 13.2 Å². The Bertz CT molecular complexity index is 495. The molecule has 0 fully saturated rings. The highest BCUT2D eigenvalue weighted by atomic mass is 19.4. The molecule has 0 aliphatic heterocycles. The largest absolute Gasteiger partial charge is 0.419 e. The molecule has 0 spiro atoms. The zero-order valence-corrected chi connectivity index (χ0v) is 12.2. The van der Waals surface area contributed by atoms with Crippen LogP contribution in [-0.2, 0) is 6.18 Å². The van der Waals surface area contributed by atoms with Crippen molar-refractivity contribution in [3.05, 3.63) is 35.1 Å². The molecule has 0 aromatic heterocycles. The molecule has 1 rings (SSSR count). The maximum absolute atomic E-state index is 13.9.